The molecule has 1 aromatic heterocycles. The lowest BCUT2D eigenvalue weighted by atomic mass is 9.91. The first-order valence-corrected chi connectivity index (χ1v) is 11.3. The van der Waals surface area contributed by atoms with Crippen molar-refractivity contribution in [2.75, 3.05) is 19.6 Å². The predicted molar refractivity (Wildman–Crippen MR) is 121 cm³/mol. The van der Waals surface area contributed by atoms with Crippen LogP contribution >= 0.6 is 0 Å². The van der Waals surface area contributed by atoms with E-state index in [-0.39, 0.29) is 17.0 Å². The quantitative estimate of drug-likeness (QED) is 0.599. The zero-order valence-corrected chi connectivity index (χ0v) is 18.1. The maximum absolute atomic E-state index is 14.5. The third kappa shape index (κ3) is 4.17. The van der Waals surface area contributed by atoms with Gasteiger partial charge in [0.2, 0.25) is 0 Å². The molecule has 2 fully saturated rings. The summed E-state index contributed by atoms with van der Waals surface area (Å²) in [5, 5.41) is 11.6. The number of likely N-dealkylation sites (tertiary alicyclic amines) is 1. The largest absolute Gasteiger partial charge is 0.338 e. The average molecular weight is 435 g/mol. The lowest BCUT2D eigenvalue weighted by molar-refractivity contribution is 0.0429. The predicted octanol–water partition coefficient (Wildman–Crippen LogP) is 3.11. The number of amides is 1. The van der Waals surface area contributed by atoms with Gasteiger partial charge in [0.15, 0.2) is 0 Å². The van der Waals surface area contributed by atoms with Gasteiger partial charge in [-0.15, -0.1) is 0 Å². The fourth-order valence-corrected chi connectivity index (χ4v) is 4.35. The lowest BCUT2D eigenvalue weighted by Crippen LogP contribution is -2.57. The number of halogens is 1. The smallest absolute Gasteiger partial charge is 0.272 e. The minimum atomic E-state index is -0.513. The van der Waals surface area contributed by atoms with Crippen LogP contribution < -0.4 is 10.9 Å². The Kier molecular flexibility index (Phi) is 5.51. The number of hydrogen-bond acceptors (Lipinski definition) is 4. The molecule has 1 aliphatic carbocycles. The van der Waals surface area contributed by atoms with Gasteiger partial charge in [0.1, 0.15) is 5.82 Å². The fraction of sp³-hybridized carbons (Fsp3) is 0.400. The van der Waals surface area contributed by atoms with E-state index >= 15 is 0 Å². The zero-order valence-electron chi connectivity index (χ0n) is 18.1. The first-order chi connectivity index (χ1) is 15.5. The molecule has 1 saturated heterocycles. The summed E-state index contributed by atoms with van der Waals surface area (Å²) >= 11 is 0. The van der Waals surface area contributed by atoms with E-state index in [4.69, 9.17) is 0 Å². The molecule has 0 radical (unpaired) electrons. The number of aromatic amines is 1. The second-order valence-electron chi connectivity index (χ2n) is 9.15. The molecule has 1 unspecified atom stereocenters. The number of H-pyrrole nitrogens is 1. The van der Waals surface area contributed by atoms with Gasteiger partial charge in [-0.2, -0.15) is 5.10 Å². The molecular weight excluding hydrogens is 407 g/mol. The van der Waals surface area contributed by atoms with Crippen LogP contribution in [0.1, 0.15) is 41.4 Å². The van der Waals surface area contributed by atoms with Gasteiger partial charge in [0.25, 0.3) is 11.5 Å². The molecule has 0 spiro atoms. The van der Waals surface area contributed by atoms with Crippen molar-refractivity contribution in [1.82, 2.24) is 20.4 Å². The van der Waals surface area contributed by atoms with Crippen LogP contribution in [-0.4, -0.2) is 46.7 Å². The number of nitrogens with one attached hydrogen (secondary N) is 2. The second kappa shape index (κ2) is 8.47. The minimum Gasteiger partial charge on any atom is -0.338 e. The Balaban J connectivity index is 1.29. The molecule has 7 heteroatoms. The zero-order chi connectivity index (χ0) is 22.2. The fourth-order valence-electron chi connectivity index (χ4n) is 4.35. The van der Waals surface area contributed by atoms with Crippen molar-refractivity contribution < 1.29 is 9.18 Å². The van der Waals surface area contributed by atoms with E-state index in [0.29, 0.717) is 42.6 Å². The van der Waals surface area contributed by atoms with Crippen molar-refractivity contribution in [3.8, 4) is 0 Å². The summed E-state index contributed by atoms with van der Waals surface area (Å²) in [7, 11) is 0. The number of carbonyl (C=O) groups excluding carboxylic acids is 1. The van der Waals surface area contributed by atoms with E-state index in [1.807, 2.05) is 12.1 Å². The molecular formula is C25H27FN4O2. The minimum absolute atomic E-state index is 0.0910. The summed E-state index contributed by atoms with van der Waals surface area (Å²) in [6.07, 6.45) is 3.02. The van der Waals surface area contributed by atoms with E-state index in [9.17, 15) is 14.0 Å². The molecule has 6 nitrogen and oxygen atoms in total. The summed E-state index contributed by atoms with van der Waals surface area (Å²) in [6, 6.07) is 12.2. The molecule has 2 N–H and O–H groups in total. The van der Waals surface area contributed by atoms with Crippen LogP contribution in [0.3, 0.4) is 0 Å². The van der Waals surface area contributed by atoms with Gasteiger partial charge < -0.3 is 10.2 Å². The van der Waals surface area contributed by atoms with Crippen LogP contribution in [-0.2, 0) is 6.42 Å². The monoisotopic (exact) mass is 434 g/mol. The first-order valence-electron chi connectivity index (χ1n) is 11.3. The molecule has 1 saturated carbocycles. The van der Waals surface area contributed by atoms with Crippen molar-refractivity contribution in [3.05, 3.63) is 75.5 Å². The first kappa shape index (κ1) is 20.8. The summed E-state index contributed by atoms with van der Waals surface area (Å²) in [4.78, 5) is 26.7. The van der Waals surface area contributed by atoms with Crippen LogP contribution in [0.2, 0.25) is 0 Å². The molecule has 1 aliphatic heterocycles. The van der Waals surface area contributed by atoms with Gasteiger partial charge in [-0.1, -0.05) is 24.3 Å². The number of benzene rings is 2. The van der Waals surface area contributed by atoms with Crippen LogP contribution in [0, 0.1) is 17.7 Å². The molecule has 2 aliphatic rings. The summed E-state index contributed by atoms with van der Waals surface area (Å²) in [6.45, 7) is 4.51. The summed E-state index contributed by atoms with van der Waals surface area (Å²) in [5.41, 5.74) is 1.31. The van der Waals surface area contributed by atoms with Crippen LogP contribution in [0.25, 0.3) is 10.8 Å². The number of fused-ring (bicyclic) bond motifs is 1. The Hall–Kier alpha value is -3.06. The third-order valence-electron chi connectivity index (χ3n) is 6.74. The van der Waals surface area contributed by atoms with E-state index in [1.165, 1.54) is 18.9 Å². The molecule has 2 aromatic carbocycles. The van der Waals surface area contributed by atoms with Crippen LogP contribution in [0.15, 0.2) is 47.3 Å². The van der Waals surface area contributed by atoms with E-state index < -0.39 is 5.82 Å². The highest BCUT2D eigenvalue weighted by Gasteiger charge is 2.36. The Morgan fingerprint density at radius 3 is 2.72 bits per heavy atom. The number of carbonyl (C=O) groups is 1. The van der Waals surface area contributed by atoms with Crippen LogP contribution in [0.4, 0.5) is 4.39 Å². The molecule has 1 atom stereocenters. The van der Waals surface area contributed by atoms with E-state index in [2.05, 4.69) is 22.4 Å². The Morgan fingerprint density at radius 2 is 1.97 bits per heavy atom. The number of hydrogen-bond donors (Lipinski definition) is 2. The van der Waals surface area contributed by atoms with Gasteiger partial charge in [-0.05, 0) is 56.0 Å². The highest BCUT2D eigenvalue weighted by atomic mass is 19.1. The number of aromatic nitrogens is 2. The molecule has 3 aromatic rings. The number of nitrogens with zero attached hydrogens (tertiary/aromatic N) is 2. The SMILES string of the molecule is CC(NCC1CC1)C1CN(C(=O)c2cc(Cc3n[nH]c(=O)c4ccccc34)ccc2F)C1. The second-order valence-corrected chi connectivity index (χ2v) is 9.15. The molecule has 2 heterocycles. The van der Waals surface area contributed by atoms with Crippen LogP contribution in [0.5, 0.6) is 0 Å². The highest BCUT2D eigenvalue weighted by Crippen LogP contribution is 2.29. The maximum Gasteiger partial charge on any atom is 0.272 e. The molecule has 0 bridgehead atoms. The average Bonchev–Trinajstić information content (AvgIpc) is 3.59. The van der Waals surface area contributed by atoms with Gasteiger partial charge in [-0.25, -0.2) is 9.49 Å². The van der Waals surface area contributed by atoms with Crippen molar-refractivity contribution in [2.24, 2.45) is 11.8 Å². The molecule has 5 rings (SSSR count). The van der Waals surface area contributed by atoms with Crippen molar-refractivity contribution in [3.63, 3.8) is 0 Å². The molecule has 166 valence electrons. The number of rotatable bonds is 7. The topological polar surface area (TPSA) is 78.1 Å². The molecule has 1 amide bonds. The summed E-state index contributed by atoms with van der Waals surface area (Å²) < 4.78 is 14.5. The van der Waals surface area contributed by atoms with E-state index in [0.717, 1.165) is 23.4 Å². The lowest BCUT2D eigenvalue weighted by Gasteiger charge is -2.42. The van der Waals surface area contributed by atoms with Crippen molar-refractivity contribution in [2.45, 2.75) is 32.2 Å². The van der Waals surface area contributed by atoms with Crippen molar-refractivity contribution >= 4 is 16.7 Å². The maximum atomic E-state index is 14.5. The Labute approximate surface area is 185 Å². The normalized spacial score (nSPS) is 17.4. The van der Waals surface area contributed by atoms with Gasteiger partial charge in [0.05, 0.1) is 16.6 Å². The standard InChI is InChI=1S/C25H27FN4O2/c1-15(27-12-16-6-7-16)18-13-30(14-18)25(32)21-10-17(8-9-22(21)26)11-23-19-4-2-3-5-20(19)24(31)29-28-23/h2-5,8-10,15-16,18,27H,6-7,11-14H2,1H3,(H,29,31). The van der Waals surface area contributed by atoms with Gasteiger partial charge >= 0.3 is 0 Å². The van der Waals surface area contributed by atoms with Crippen molar-refractivity contribution in [1.29, 1.82) is 0 Å². The Morgan fingerprint density at radius 1 is 1.22 bits per heavy atom. The summed E-state index contributed by atoms with van der Waals surface area (Å²) in [5.74, 6) is 0.442. The third-order valence-corrected chi connectivity index (χ3v) is 6.74. The highest BCUT2D eigenvalue weighted by molar-refractivity contribution is 5.95. The van der Waals surface area contributed by atoms with E-state index in [1.54, 1.807) is 29.2 Å². The Bertz CT molecular complexity index is 1210. The van der Waals surface area contributed by atoms with Gasteiger partial charge in [-0.3, -0.25) is 9.59 Å². The molecule has 32 heavy (non-hydrogen) atoms. The van der Waals surface area contributed by atoms with Gasteiger partial charge in [0, 0.05) is 36.9 Å².